The van der Waals surface area contributed by atoms with Crippen LogP contribution >= 0.6 is 23.1 Å². The molecule has 0 spiro atoms. The maximum atomic E-state index is 11.9. The number of sulfonamides is 1. The van der Waals surface area contributed by atoms with E-state index < -0.39 is 15.5 Å². The molecular weight excluding hydrogens is 321 g/mol. The van der Waals surface area contributed by atoms with Gasteiger partial charge in [0.1, 0.15) is 4.21 Å². The Hall–Kier alpha value is -0.290. The molecular formula is C9H13F3N2O2S3. The van der Waals surface area contributed by atoms with E-state index >= 15 is 0 Å². The van der Waals surface area contributed by atoms with E-state index in [1.165, 1.54) is 6.07 Å². The Morgan fingerprint density at radius 2 is 2.05 bits per heavy atom. The number of alkyl halides is 3. The molecule has 1 rings (SSSR count). The summed E-state index contributed by atoms with van der Waals surface area (Å²) in [6, 6.07) is 3.11. The largest absolute Gasteiger partial charge is 0.441 e. The van der Waals surface area contributed by atoms with Gasteiger partial charge in [-0.1, -0.05) is 0 Å². The first kappa shape index (κ1) is 16.8. The second-order valence-corrected chi connectivity index (χ2v) is 7.77. The van der Waals surface area contributed by atoms with Crippen LogP contribution in [0.5, 0.6) is 0 Å². The first-order chi connectivity index (χ1) is 8.74. The number of hydrogen-bond donors (Lipinski definition) is 2. The van der Waals surface area contributed by atoms with E-state index in [1.807, 2.05) is 0 Å². The van der Waals surface area contributed by atoms with Gasteiger partial charge in [-0.05, 0) is 30.9 Å². The number of nitrogens with one attached hydrogen (secondary N) is 2. The zero-order valence-electron chi connectivity index (χ0n) is 9.95. The highest BCUT2D eigenvalue weighted by Crippen LogP contribution is 2.29. The standard InChI is InChI=1S/C9H13F3N2O2S3/c1-13-6-7-2-3-8(18-7)19(15,16)14-4-5-17-9(10,11)12/h2-3,13-14H,4-6H2,1H3. The molecule has 19 heavy (non-hydrogen) atoms. The van der Waals surface area contributed by atoms with Crippen LogP contribution in [0.3, 0.4) is 0 Å². The molecule has 0 aliphatic rings. The van der Waals surface area contributed by atoms with Crippen molar-refractivity contribution < 1.29 is 21.6 Å². The van der Waals surface area contributed by atoms with Gasteiger partial charge in [0.05, 0.1) is 0 Å². The van der Waals surface area contributed by atoms with Crippen molar-refractivity contribution in [3.8, 4) is 0 Å². The molecule has 0 fully saturated rings. The van der Waals surface area contributed by atoms with Crippen molar-refractivity contribution in [1.82, 2.24) is 10.0 Å². The summed E-state index contributed by atoms with van der Waals surface area (Å²) in [5.41, 5.74) is -4.34. The fourth-order valence-corrected chi connectivity index (χ4v) is 4.19. The van der Waals surface area contributed by atoms with Crippen LogP contribution in [-0.4, -0.2) is 33.3 Å². The maximum Gasteiger partial charge on any atom is 0.441 e. The van der Waals surface area contributed by atoms with Crippen molar-refractivity contribution in [2.75, 3.05) is 19.3 Å². The van der Waals surface area contributed by atoms with Gasteiger partial charge in [0.15, 0.2) is 0 Å². The van der Waals surface area contributed by atoms with E-state index in [1.54, 1.807) is 13.1 Å². The van der Waals surface area contributed by atoms with Crippen LogP contribution in [0.25, 0.3) is 0 Å². The fourth-order valence-electron chi connectivity index (χ4n) is 1.19. The van der Waals surface area contributed by atoms with Crippen LogP contribution in [0.15, 0.2) is 16.3 Å². The number of halogens is 3. The van der Waals surface area contributed by atoms with Gasteiger partial charge in [0, 0.05) is 23.7 Å². The SMILES string of the molecule is CNCc1ccc(S(=O)(=O)NCCSC(F)(F)F)s1. The van der Waals surface area contributed by atoms with Crippen LogP contribution in [0, 0.1) is 0 Å². The van der Waals surface area contributed by atoms with Crippen molar-refractivity contribution >= 4 is 33.1 Å². The molecule has 0 atom stereocenters. The summed E-state index contributed by atoms with van der Waals surface area (Å²) in [6.45, 7) is 0.288. The van der Waals surface area contributed by atoms with E-state index in [-0.39, 0.29) is 28.3 Å². The van der Waals surface area contributed by atoms with Crippen LogP contribution < -0.4 is 10.0 Å². The zero-order valence-corrected chi connectivity index (χ0v) is 12.4. The third-order valence-corrected chi connectivity index (χ3v) is 5.69. The predicted molar refractivity (Wildman–Crippen MR) is 70.8 cm³/mol. The van der Waals surface area contributed by atoms with Gasteiger partial charge >= 0.3 is 5.51 Å². The molecule has 0 radical (unpaired) electrons. The number of rotatable bonds is 7. The van der Waals surface area contributed by atoms with Crippen molar-refractivity contribution in [2.24, 2.45) is 0 Å². The van der Waals surface area contributed by atoms with Crippen molar-refractivity contribution in [3.63, 3.8) is 0 Å². The van der Waals surface area contributed by atoms with Crippen molar-refractivity contribution in [3.05, 3.63) is 17.0 Å². The Bertz CT molecular complexity index is 499. The summed E-state index contributed by atoms with van der Waals surface area (Å²) < 4.78 is 61.4. The lowest BCUT2D eigenvalue weighted by atomic mass is 10.5. The summed E-state index contributed by atoms with van der Waals surface area (Å²) in [5, 5.41) is 2.88. The number of hydrogen-bond acceptors (Lipinski definition) is 5. The van der Waals surface area contributed by atoms with Crippen molar-refractivity contribution in [1.29, 1.82) is 0 Å². The van der Waals surface area contributed by atoms with E-state index in [2.05, 4.69) is 10.0 Å². The lowest BCUT2D eigenvalue weighted by Gasteiger charge is -2.06. The van der Waals surface area contributed by atoms with Gasteiger partial charge in [0.2, 0.25) is 10.0 Å². The second-order valence-electron chi connectivity index (χ2n) is 3.44. The third-order valence-electron chi connectivity index (χ3n) is 1.91. The smallest absolute Gasteiger partial charge is 0.315 e. The molecule has 0 saturated carbocycles. The van der Waals surface area contributed by atoms with Gasteiger partial charge < -0.3 is 5.32 Å². The summed E-state index contributed by atoms with van der Waals surface area (Å²) >= 11 is 0.835. The molecule has 2 N–H and O–H groups in total. The molecule has 1 heterocycles. The summed E-state index contributed by atoms with van der Waals surface area (Å²) in [4.78, 5) is 0.840. The van der Waals surface area contributed by atoms with E-state index in [4.69, 9.17) is 0 Å². The molecule has 0 saturated heterocycles. The quantitative estimate of drug-likeness (QED) is 0.749. The Labute approximate surface area is 117 Å². The van der Waals surface area contributed by atoms with Gasteiger partial charge in [-0.15, -0.1) is 11.3 Å². The monoisotopic (exact) mass is 334 g/mol. The van der Waals surface area contributed by atoms with Gasteiger partial charge in [0.25, 0.3) is 0 Å². The topological polar surface area (TPSA) is 58.2 Å². The molecule has 0 aromatic carbocycles. The average molecular weight is 334 g/mol. The van der Waals surface area contributed by atoms with Crippen LogP contribution in [0.4, 0.5) is 13.2 Å². The normalized spacial score (nSPS) is 12.8. The van der Waals surface area contributed by atoms with E-state index in [0.717, 1.165) is 16.2 Å². The first-order valence-corrected chi connectivity index (χ1v) is 8.47. The lowest BCUT2D eigenvalue weighted by Crippen LogP contribution is -2.26. The van der Waals surface area contributed by atoms with Crippen LogP contribution in [0.2, 0.25) is 0 Å². The van der Waals surface area contributed by atoms with E-state index in [0.29, 0.717) is 6.54 Å². The highest BCUT2D eigenvalue weighted by atomic mass is 32.2. The molecule has 1 aromatic heterocycles. The summed E-state index contributed by atoms with van der Waals surface area (Å²) in [6.07, 6.45) is 0. The lowest BCUT2D eigenvalue weighted by molar-refractivity contribution is -0.0327. The Balaban J connectivity index is 2.51. The molecule has 0 aliphatic heterocycles. The fraction of sp³-hybridized carbons (Fsp3) is 0.556. The molecule has 1 aromatic rings. The highest BCUT2D eigenvalue weighted by Gasteiger charge is 2.27. The number of thioether (sulfide) groups is 1. The van der Waals surface area contributed by atoms with Crippen LogP contribution in [0.1, 0.15) is 4.88 Å². The van der Waals surface area contributed by atoms with Gasteiger partial charge in [-0.3, -0.25) is 0 Å². The van der Waals surface area contributed by atoms with Crippen LogP contribution in [-0.2, 0) is 16.6 Å². The minimum Gasteiger partial charge on any atom is -0.315 e. The minimum atomic E-state index is -4.34. The zero-order chi connectivity index (χ0) is 14.5. The molecule has 10 heteroatoms. The predicted octanol–water partition coefficient (Wildman–Crippen LogP) is 2.00. The number of thiophene rings is 1. The maximum absolute atomic E-state index is 11.9. The molecule has 0 unspecified atom stereocenters. The molecule has 4 nitrogen and oxygen atoms in total. The Morgan fingerprint density at radius 3 is 2.63 bits per heavy atom. The Morgan fingerprint density at radius 1 is 1.37 bits per heavy atom. The van der Waals surface area contributed by atoms with Crippen molar-refractivity contribution in [2.45, 2.75) is 16.3 Å². The second kappa shape index (κ2) is 6.93. The molecule has 0 amide bonds. The highest BCUT2D eigenvalue weighted by molar-refractivity contribution is 8.00. The van der Waals surface area contributed by atoms with Gasteiger partial charge in [-0.2, -0.15) is 13.2 Å². The minimum absolute atomic E-state index is 0.106. The molecule has 0 bridgehead atoms. The molecule has 110 valence electrons. The summed E-state index contributed by atoms with van der Waals surface area (Å²) in [5.74, 6) is -0.350. The summed E-state index contributed by atoms with van der Waals surface area (Å²) in [7, 11) is -1.98. The van der Waals surface area contributed by atoms with Gasteiger partial charge in [-0.25, -0.2) is 13.1 Å². The third kappa shape index (κ3) is 6.13. The van der Waals surface area contributed by atoms with E-state index in [9.17, 15) is 21.6 Å². The first-order valence-electron chi connectivity index (χ1n) is 5.18. The Kier molecular flexibility index (Phi) is 6.12. The average Bonchev–Trinajstić information content (AvgIpc) is 2.73. The molecule has 0 aliphatic carbocycles.